The minimum absolute atomic E-state index is 0.653. The molecule has 6 heteroatoms. The highest BCUT2D eigenvalue weighted by Crippen LogP contribution is 2.45. The summed E-state index contributed by atoms with van der Waals surface area (Å²) < 4.78 is 11.3. The van der Waals surface area contributed by atoms with Crippen molar-refractivity contribution in [3.8, 4) is 39.9 Å². The van der Waals surface area contributed by atoms with Crippen LogP contribution in [-0.4, -0.2) is 19.5 Å². The molecule has 0 atom stereocenters. The van der Waals surface area contributed by atoms with Gasteiger partial charge in [-0.15, -0.1) is 11.3 Å². The second-order valence-corrected chi connectivity index (χ2v) is 13.8. The van der Waals surface area contributed by atoms with Crippen molar-refractivity contribution in [2.75, 3.05) is 0 Å². The third kappa shape index (κ3) is 4.30. The van der Waals surface area contributed by atoms with Gasteiger partial charge in [-0.25, -0.2) is 15.0 Å². The molecule has 0 bridgehead atoms. The normalized spacial score (nSPS) is 11.9. The summed E-state index contributed by atoms with van der Waals surface area (Å²) in [4.78, 5) is 15.0. The van der Waals surface area contributed by atoms with Crippen LogP contribution in [0.4, 0.5) is 0 Å². The van der Waals surface area contributed by atoms with Gasteiger partial charge in [0.1, 0.15) is 11.2 Å². The van der Waals surface area contributed by atoms with Crippen LogP contribution >= 0.6 is 11.3 Å². The van der Waals surface area contributed by atoms with E-state index in [9.17, 15) is 0 Å². The molecule has 0 aliphatic carbocycles. The molecule has 0 fully saturated rings. The fraction of sp³-hybridized carbons (Fsp3) is 0. The molecule has 0 N–H and O–H groups in total. The molecule has 0 aliphatic rings. The zero-order chi connectivity index (χ0) is 33.5. The number of benzene rings is 7. The van der Waals surface area contributed by atoms with Gasteiger partial charge in [0.25, 0.3) is 0 Å². The van der Waals surface area contributed by atoms with Crippen molar-refractivity contribution in [1.29, 1.82) is 0 Å². The fourth-order valence-corrected chi connectivity index (χ4v) is 8.91. The molecule has 0 radical (unpaired) electrons. The number of para-hydroxylation sites is 2. The predicted molar refractivity (Wildman–Crippen MR) is 211 cm³/mol. The van der Waals surface area contributed by atoms with E-state index in [-0.39, 0.29) is 0 Å². The average Bonchev–Trinajstić information content (AvgIpc) is 3.87. The first-order valence-corrected chi connectivity index (χ1v) is 17.8. The molecule has 11 rings (SSSR count). The molecule has 51 heavy (non-hydrogen) atoms. The second-order valence-electron chi connectivity index (χ2n) is 12.8. The molecule has 4 heterocycles. The van der Waals surface area contributed by atoms with Crippen molar-refractivity contribution in [2.24, 2.45) is 0 Å². The molecular formula is C45H26N4OS. The summed E-state index contributed by atoms with van der Waals surface area (Å²) >= 11 is 1.78. The van der Waals surface area contributed by atoms with Crippen LogP contribution in [0, 0.1) is 0 Å². The molecule has 0 aliphatic heterocycles. The molecule has 0 saturated heterocycles. The monoisotopic (exact) mass is 670 g/mol. The van der Waals surface area contributed by atoms with Crippen molar-refractivity contribution in [1.82, 2.24) is 19.5 Å². The first-order chi connectivity index (χ1) is 25.3. The smallest absolute Gasteiger partial charge is 0.165 e. The Balaban J connectivity index is 1.12. The van der Waals surface area contributed by atoms with Crippen molar-refractivity contribution in [2.45, 2.75) is 0 Å². The Morgan fingerprint density at radius 2 is 1.00 bits per heavy atom. The number of hydrogen-bond acceptors (Lipinski definition) is 5. The SMILES string of the molecule is c1ccc(-c2nc(-c3ccccc3)nc(-c3cccc4c3sc3c4ccc4oc5cc(-n6c7ccccc7c7ccccc76)ccc5c43)n2)cc1. The molecule has 238 valence electrons. The summed E-state index contributed by atoms with van der Waals surface area (Å²) in [6.07, 6.45) is 0. The minimum Gasteiger partial charge on any atom is -0.456 e. The van der Waals surface area contributed by atoms with Gasteiger partial charge >= 0.3 is 0 Å². The van der Waals surface area contributed by atoms with Crippen LogP contribution in [0.15, 0.2) is 162 Å². The van der Waals surface area contributed by atoms with Crippen LogP contribution in [0.3, 0.4) is 0 Å². The van der Waals surface area contributed by atoms with Crippen molar-refractivity contribution in [3.63, 3.8) is 0 Å². The Morgan fingerprint density at radius 3 is 1.69 bits per heavy atom. The lowest BCUT2D eigenvalue weighted by atomic mass is 10.1. The maximum Gasteiger partial charge on any atom is 0.165 e. The predicted octanol–water partition coefficient (Wildman–Crippen LogP) is 12.2. The molecule has 0 saturated carbocycles. The minimum atomic E-state index is 0.653. The van der Waals surface area contributed by atoms with Gasteiger partial charge in [-0.05, 0) is 42.5 Å². The largest absolute Gasteiger partial charge is 0.456 e. The molecule has 7 aromatic carbocycles. The Kier molecular flexibility index (Phi) is 6.05. The molecule has 0 spiro atoms. The van der Waals surface area contributed by atoms with Crippen LogP contribution in [0.25, 0.3) is 104 Å². The van der Waals surface area contributed by atoms with E-state index in [1.165, 1.54) is 37.3 Å². The van der Waals surface area contributed by atoms with Crippen molar-refractivity contribution >= 4 is 75.3 Å². The third-order valence-corrected chi connectivity index (χ3v) is 11.1. The van der Waals surface area contributed by atoms with Gasteiger partial charge in [-0.3, -0.25) is 0 Å². The highest BCUT2D eigenvalue weighted by atomic mass is 32.1. The maximum absolute atomic E-state index is 6.62. The number of aromatic nitrogens is 4. The van der Waals surface area contributed by atoms with E-state index in [4.69, 9.17) is 19.4 Å². The molecule has 4 aromatic heterocycles. The van der Waals surface area contributed by atoms with Crippen molar-refractivity contribution < 1.29 is 4.42 Å². The Morgan fingerprint density at radius 1 is 0.431 bits per heavy atom. The van der Waals surface area contributed by atoms with E-state index in [2.05, 4.69) is 102 Å². The summed E-state index contributed by atoms with van der Waals surface area (Å²) in [5.41, 5.74) is 8.07. The van der Waals surface area contributed by atoms with E-state index < -0.39 is 0 Å². The summed E-state index contributed by atoms with van der Waals surface area (Å²) in [5, 5.41) is 7.09. The zero-order valence-corrected chi connectivity index (χ0v) is 27.9. The quantitative estimate of drug-likeness (QED) is 0.187. The Hall–Kier alpha value is -6.63. The van der Waals surface area contributed by atoms with Gasteiger partial charge in [-0.2, -0.15) is 0 Å². The lowest BCUT2D eigenvalue weighted by Gasteiger charge is -2.09. The molecule has 5 nitrogen and oxygen atoms in total. The summed E-state index contributed by atoms with van der Waals surface area (Å²) in [5.74, 6) is 1.96. The van der Waals surface area contributed by atoms with Gasteiger partial charge in [0.05, 0.1) is 11.0 Å². The lowest BCUT2D eigenvalue weighted by Crippen LogP contribution is -2.00. The number of thiophene rings is 1. The van der Waals surface area contributed by atoms with Gasteiger partial charge < -0.3 is 8.98 Å². The standard InChI is InChI=1S/C45H26N4OS/c1-3-12-27(13-4-1)43-46-44(28-14-5-2-6-15-28)48-45(47-43)35-19-11-18-32-33-24-25-38-40(42(33)51-41(32)35)34-23-22-29(26-39(34)50-38)49-36-20-9-7-16-30(36)31-17-8-10-21-37(31)49/h1-26H. The second kappa shape index (κ2) is 10.9. The molecular weight excluding hydrogens is 645 g/mol. The van der Waals surface area contributed by atoms with Crippen LogP contribution in [0.2, 0.25) is 0 Å². The Bertz CT molecular complexity index is 3030. The summed E-state index contributed by atoms with van der Waals surface area (Å²) in [6.45, 7) is 0. The number of furan rings is 1. The van der Waals surface area contributed by atoms with E-state index in [1.54, 1.807) is 11.3 Å². The van der Waals surface area contributed by atoms with E-state index in [1.807, 2.05) is 60.7 Å². The van der Waals surface area contributed by atoms with Crippen LogP contribution in [-0.2, 0) is 0 Å². The topological polar surface area (TPSA) is 56.7 Å². The molecule has 0 unspecified atom stereocenters. The zero-order valence-electron chi connectivity index (χ0n) is 27.1. The third-order valence-electron chi connectivity index (χ3n) is 9.86. The van der Waals surface area contributed by atoms with Gasteiger partial charge in [-0.1, -0.05) is 109 Å². The molecule has 0 amide bonds. The van der Waals surface area contributed by atoms with Gasteiger partial charge in [0.2, 0.25) is 0 Å². The highest BCUT2D eigenvalue weighted by Gasteiger charge is 2.20. The van der Waals surface area contributed by atoms with E-state index in [0.717, 1.165) is 49.0 Å². The van der Waals surface area contributed by atoms with Crippen molar-refractivity contribution in [3.05, 3.63) is 158 Å². The Labute approximate surface area is 295 Å². The summed E-state index contributed by atoms with van der Waals surface area (Å²) in [7, 11) is 0. The fourth-order valence-electron chi connectivity index (χ4n) is 7.55. The molecule has 11 aromatic rings. The lowest BCUT2D eigenvalue weighted by molar-refractivity contribution is 0.669. The van der Waals surface area contributed by atoms with E-state index in [0.29, 0.717) is 17.5 Å². The van der Waals surface area contributed by atoms with E-state index >= 15 is 0 Å². The van der Waals surface area contributed by atoms with Crippen LogP contribution in [0.5, 0.6) is 0 Å². The number of fused-ring (bicyclic) bond motifs is 10. The first-order valence-electron chi connectivity index (χ1n) is 16.9. The number of rotatable bonds is 4. The van der Waals surface area contributed by atoms with Crippen LogP contribution in [0.1, 0.15) is 0 Å². The van der Waals surface area contributed by atoms with Gasteiger partial charge in [0, 0.05) is 70.2 Å². The number of nitrogens with zero attached hydrogens (tertiary/aromatic N) is 4. The maximum atomic E-state index is 6.62. The number of hydrogen-bond donors (Lipinski definition) is 0. The average molecular weight is 671 g/mol. The summed E-state index contributed by atoms with van der Waals surface area (Å²) in [6, 6.07) is 54.8. The van der Waals surface area contributed by atoms with Gasteiger partial charge in [0.15, 0.2) is 17.5 Å². The highest BCUT2D eigenvalue weighted by molar-refractivity contribution is 7.27. The van der Waals surface area contributed by atoms with Crippen LogP contribution < -0.4 is 0 Å². The first kappa shape index (κ1) is 28.2.